The molecule has 0 aliphatic rings. The summed E-state index contributed by atoms with van der Waals surface area (Å²) in [6.07, 6.45) is -3.32. The van der Waals surface area contributed by atoms with Crippen LogP contribution in [0.15, 0.2) is 0 Å². The van der Waals surface area contributed by atoms with Gasteiger partial charge in [-0.2, -0.15) is 0 Å². The molecule has 0 saturated heterocycles. The van der Waals surface area contributed by atoms with Crippen LogP contribution in [0.5, 0.6) is 0 Å². The highest BCUT2D eigenvalue weighted by Gasteiger charge is 2.15. The molecule has 3 N–H and O–H groups in total. The Morgan fingerprint density at radius 3 is 2.00 bits per heavy atom. The highest BCUT2D eigenvalue weighted by molar-refractivity contribution is 7.85. The lowest BCUT2D eigenvalue weighted by atomic mass is 10.1. The summed E-state index contributed by atoms with van der Waals surface area (Å²) < 4.78 is 30.6. The number of aliphatic hydroxyl groups excluding tert-OH is 3. The van der Waals surface area contributed by atoms with Gasteiger partial charge in [-0.25, -0.2) is 8.42 Å². The van der Waals surface area contributed by atoms with Gasteiger partial charge in [-0.3, -0.25) is 0 Å². The summed E-state index contributed by atoms with van der Waals surface area (Å²) in [5.74, 6) is -0.913. The molecule has 86 valence electrons. The molecular formula is C7H15O6S-. The Balaban J connectivity index is 3.88. The van der Waals surface area contributed by atoms with Gasteiger partial charge in [0, 0.05) is 6.42 Å². The van der Waals surface area contributed by atoms with Gasteiger partial charge in [0.15, 0.2) is 0 Å². The van der Waals surface area contributed by atoms with Gasteiger partial charge in [-0.15, -0.1) is 0 Å². The van der Waals surface area contributed by atoms with Crippen molar-refractivity contribution in [3.63, 3.8) is 0 Å². The van der Waals surface area contributed by atoms with Crippen molar-refractivity contribution in [2.75, 3.05) is 5.75 Å². The van der Waals surface area contributed by atoms with Crippen LogP contribution in [0.25, 0.3) is 0 Å². The summed E-state index contributed by atoms with van der Waals surface area (Å²) in [6.45, 7) is 1.46. The van der Waals surface area contributed by atoms with Crippen molar-refractivity contribution in [2.45, 2.75) is 38.1 Å². The molecule has 0 aliphatic heterocycles. The molecule has 0 saturated carbocycles. The van der Waals surface area contributed by atoms with Crippen LogP contribution in [-0.4, -0.2) is 52.4 Å². The van der Waals surface area contributed by atoms with Crippen molar-refractivity contribution in [1.29, 1.82) is 0 Å². The lowest BCUT2D eigenvalue weighted by molar-refractivity contribution is 0.0513. The molecule has 0 amide bonds. The van der Waals surface area contributed by atoms with Crippen LogP contribution in [-0.2, 0) is 10.1 Å². The van der Waals surface area contributed by atoms with Gasteiger partial charge in [0.2, 0.25) is 0 Å². The maximum absolute atomic E-state index is 10.2. The monoisotopic (exact) mass is 227 g/mol. The van der Waals surface area contributed by atoms with E-state index in [4.69, 9.17) is 15.3 Å². The van der Waals surface area contributed by atoms with Gasteiger partial charge < -0.3 is 19.9 Å². The van der Waals surface area contributed by atoms with E-state index >= 15 is 0 Å². The van der Waals surface area contributed by atoms with Crippen LogP contribution in [0, 0.1) is 0 Å². The van der Waals surface area contributed by atoms with Gasteiger partial charge in [-0.05, 0) is 13.3 Å². The number of aliphatic hydroxyl groups is 3. The minimum Gasteiger partial charge on any atom is -0.748 e. The second-order valence-corrected chi connectivity index (χ2v) is 4.80. The van der Waals surface area contributed by atoms with Crippen LogP contribution in [0.4, 0.5) is 0 Å². The van der Waals surface area contributed by atoms with Crippen LogP contribution in [0.3, 0.4) is 0 Å². The van der Waals surface area contributed by atoms with Crippen molar-refractivity contribution in [3.05, 3.63) is 0 Å². The van der Waals surface area contributed by atoms with Gasteiger partial charge >= 0.3 is 0 Å². The average molecular weight is 227 g/mol. The summed E-state index contributed by atoms with van der Waals surface area (Å²) in [5, 5.41) is 27.1. The van der Waals surface area contributed by atoms with E-state index in [2.05, 4.69) is 0 Å². The van der Waals surface area contributed by atoms with E-state index in [9.17, 15) is 13.0 Å². The van der Waals surface area contributed by atoms with Crippen LogP contribution < -0.4 is 0 Å². The Morgan fingerprint density at radius 1 is 1.14 bits per heavy atom. The first-order valence-electron chi connectivity index (χ1n) is 4.18. The second-order valence-electron chi connectivity index (χ2n) is 3.35. The van der Waals surface area contributed by atoms with Gasteiger partial charge in [-0.1, -0.05) is 0 Å². The molecule has 0 radical (unpaired) electrons. The zero-order valence-electron chi connectivity index (χ0n) is 7.83. The Hall–Kier alpha value is -0.210. The fourth-order valence-electron chi connectivity index (χ4n) is 1.11. The molecular weight excluding hydrogens is 212 g/mol. The molecule has 0 bridgehead atoms. The van der Waals surface area contributed by atoms with Crippen molar-refractivity contribution in [1.82, 2.24) is 0 Å². The lowest BCUT2D eigenvalue weighted by Crippen LogP contribution is -2.27. The first-order chi connectivity index (χ1) is 6.20. The number of rotatable bonds is 6. The van der Waals surface area contributed by atoms with E-state index in [1.807, 2.05) is 0 Å². The molecule has 0 aromatic carbocycles. The summed E-state index contributed by atoms with van der Waals surface area (Å²) >= 11 is 0. The second kappa shape index (κ2) is 5.62. The molecule has 3 unspecified atom stereocenters. The number of hydrogen-bond donors (Lipinski definition) is 3. The van der Waals surface area contributed by atoms with Gasteiger partial charge in [0.1, 0.15) is 0 Å². The zero-order chi connectivity index (χ0) is 11.4. The summed E-state index contributed by atoms with van der Waals surface area (Å²) in [6, 6.07) is 0. The molecule has 6 nitrogen and oxygen atoms in total. The highest BCUT2D eigenvalue weighted by atomic mass is 32.2. The Bertz CT molecular complexity index is 247. The fourth-order valence-corrected chi connectivity index (χ4v) is 1.72. The number of hydrogen-bond acceptors (Lipinski definition) is 6. The average Bonchev–Trinajstić information content (AvgIpc) is 1.77. The van der Waals surface area contributed by atoms with E-state index in [0.29, 0.717) is 0 Å². The van der Waals surface area contributed by atoms with Crippen molar-refractivity contribution in [2.24, 2.45) is 0 Å². The Kier molecular flexibility index (Phi) is 5.53. The van der Waals surface area contributed by atoms with E-state index < -0.39 is 34.2 Å². The summed E-state index contributed by atoms with van der Waals surface area (Å²) in [4.78, 5) is 0. The van der Waals surface area contributed by atoms with Crippen molar-refractivity contribution in [3.8, 4) is 0 Å². The molecule has 14 heavy (non-hydrogen) atoms. The standard InChI is InChI=1S/C7H16O6S/c1-5(8)2-6(9)3-7(10)4-14(11,12)13/h5-10H,2-4H2,1H3,(H,11,12,13)/p-1. The molecule has 0 heterocycles. The Labute approximate surface area is 82.9 Å². The molecule has 0 aromatic rings. The maximum atomic E-state index is 10.2. The van der Waals surface area contributed by atoms with E-state index in [1.54, 1.807) is 0 Å². The van der Waals surface area contributed by atoms with E-state index in [-0.39, 0.29) is 12.8 Å². The van der Waals surface area contributed by atoms with Crippen molar-refractivity contribution < 1.29 is 28.3 Å². The van der Waals surface area contributed by atoms with Crippen LogP contribution in [0.1, 0.15) is 19.8 Å². The fraction of sp³-hybridized carbons (Fsp3) is 1.00. The quantitative estimate of drug-likeness (QED) is 0.471. The van der Waals surface area contributed by atoms with Crippen LogP contribution >= 0.6 is 0 Å². The molecule has 7 heteroatoms. The largest absolute Gasteiger partial charge is 0.748 e. The minimum atomic E-state index is -4.47. The molecule has 0 fully saturated rings. The van der Waals surface area contributed by atoms with Crippen LogP contribution in [0.2, 0.25) is 0 Å². The third kappa shape index (κ3) is 8.39. The summed E-state index contributed by atoms with van der Waals surface area (Å²) in [5.41, 5.74) is 0. The first kappa shape index (κ1) is 13.8. The third-order valence-corrected chi connectivity index (χ3v) is 2.35. The van der Waals surface area contributed by atoms with Gasteiger partial charge in [0.25, 0.3) is 0 Å². The normalized spacial score (nSPS) is 18.9. The first-order valence-corrected chi connectivity index (χ1v) is 5.76. The van der Waals surface area contributed by atoms with E-state index in [0.717, 1.165) is 0 Å². The summed E-state index contributed by atoms with van der Waals surface area (Å²) in [7, 11) is -4.47. The maximum Gasteiger partial charge on any atom is 0.0971 e. The Morgan fingerprint density at radius 2 is 1.64 bits per heavy atom. The lowest BCUT2D eigenvalue weighted by Gasteiger charge is -2.17. The predicted octanol–water partition coefficient (Wildman–Crippen LogP) is -1.59. The minimum absolute atomic E-state index is 0.0377. The third-order valence-electron chi connectivity index (χ3n) is 1.55. The topological polar surface area (TPSA) is 118 Å². The molecule has 0 aromatic heterocycles. The SMILES string of the molecule is CC(O)CC(O)CC(O)CS(=O)(=O)[O-]. The molecule has 3 atom stereocenters. The van der Waals surface area contributed by atoms with Crippen molar-refractivity contribution >= 4 is 10.1 Å². The zero-order valence-corrected chi connectivity index (χ0v) is 8.64. The van der Waals surface area contributed by atoms with E-state index in [1.165, 1.54) is 6.92 Å². The molecule has 0 aliphatic carbocycles. The highest BCUT2D eigenvalue weighted by Crippen LogP contribution is 2.06. The molecule has 0 rings (SSSR count). The van der Waals surface area contributed by atoms with Gasteiger partial charge in [0.05, 0.1) is 34.2 Å². The molecule has 0 spiro atoms. The predicted molar refractivity (Wildman–Crippen MR) is 47.5 cm³/mol. The smallest absolute Gasteiger partial charge is 0.0971 e.